The molecule has 0 bridgehead atoms. The lowest BCUT2D eigenvalue weighted by Gasteiger charge is -2.24. The third kappa shape index (κ3) is 5.43. The number of hydrogen-bond donors (Lipinski definition) is 1. The molecule has 1 N–H and O–H groups in total. The summed E-state index contributed by atoms with van der Waals surface area (Å²) in [6, 6.07) is 27.8. The van der Waals surface area contributed by atoms with Crippen molar-refractivity contribution in [1.82, 2.24) is 14.9 Å². The summed E-state index contributed by atoms with van der Waals surface area (Å²) in [6.45, 7) is 6.74. The highest BCUT2D eigenvalue weighted by molar-refractivity contribution is 8.00. The Kier molecular flexibility index (Phi) is 7.47. The number of nitrogens with one attached hydrogen (secondary N) is 1. The van der Waals surface area contributed by atoms with Crippen LogP contribution in [0.25, 0.3) is 5.69 Å². The summed E-state index contributed by atoms with van der Waals surface area (Å²) < 4.78 is 2.17. The van der Waals surface area contributed by atoms with Crippen LogP contribution in [0.4, 0.5) is 0 Å². The minimum atomic E-state index is -0.281. The summed E-state index contributed by atoms with van der Waals surface area (Å²) in [7, 11) is 0. The summed E-state index contributed by atoms with van der Waals surface area (Å²) in [5.41, 5.74) is 10.7. The number of aromatic nitrogens is 1. The second kappa shape index (κ2) is 11.1. The molecule has 0 saturated carbocycles. The Hall–Kier alpha value is -4.10. The van der Waals surface area contributed by atoms with Gasteiger partial charge in [-0.2, -0.15) is 5.10 Å². The second-order valence-corrected chi connectivity index (χ2v) is 10.6. The fourth-order valence-electron chi connectivity index (χ4n) is 4.71. The number of nitrogens with zero attached hydrogens (tertiary/aromatic N) is 3. The molecule has 0 spiro atoms. The van der Waals surface area contributed by atoms with Gasteiger partial charge in [0.05, 0.1) is 12.0 Å². The van der Waals surface area contributed by atoms with Gasteiger partial charge < -0.3 is 9.47 Å². The molecule has 4 aromatic rings. The van der Waals surface area contributed by atoms with Crippen LogP contribution in [0.2, 0.25) is 0 Å². The van der Waals surface area contributed by atoms with E-state index in [2.05, 4.69) is 59.3 Å². The molecular formula is C31H30N4O2S. The molecule has 2 amide bonds. The maximum absolute atomic E-state index is 12.7. The molecule has 1 aromatic heterocycles. The first-order valence-electron chi connectivity index (χ1n) is 12.5. The van der Waals surface area contributed by atoms with Gasteiger partial charge >= 0.3 is 0 Å². The molecule has 1 aliphatic heterocycles. The highest BCUT2D eigenvalue weighted by Crippen LogP contribution is 2.39. The van der Waals surface area contributed by atoms with Gasteiger partial charge in [0.1, 0.15) is 5.37 Å². The fraction of sp³-hybridized carbons (Fsp3) is 0.194. The summed E-state index contributed by atoms with van der Waals surface area (Å²) in [5, 5.41) is 4.15. The lowest BCUT2D eigenvalue weighted by molar-refractivity contribution is -0.128. The number of amides is 2. The SMILES string of the molecule is Cc1ccc(-n2c(C)cc(/C=N\NC(=O)c3ccc([C@H]4SCC(=O)N4Cc4ccccc4)cc3)c2C)cc1. The molecule has 0 radical (unpaired) electrons. The van der Waals surface area contributed by atoms with Gasteiger partial charge in [0.2, 0.25) is 5.91 Å². The van der Waals surface area contributed by atoms with Crippen LogP contribution >= 0.6 is 11.8 Å². The van der Waals surface area contributed by atoms with Crippen molar-refractivity contribution in [2.24, 2.45) is 5.10 Å². The lowest BCUT2D eigenvalue weighted by Crippen LogP contribution is -2.27. The summed E-state index contributed by atoms with van der Waals surface area (Å²) in [6.07, 6.45) is 1.68. The smallest absolute Gasteiger partial charge is 0.271 e. The zero-order valence-electron chi connectivity index (χ0n) is 21.7. The molecule has 6 nitrogen and oxygen atoms in total. The highest BCUT2D eigenvalue weighted by atomic mass is 32.2. The molecule has 1 aliphatic rings. The van der Waals surface area contributed by atoms with Crippen molar-refractivity contribution in [2.45, 2.75) is 32.7 Å². The first-order valence-corrected chi connectivity index (χ1v) is 13.6. The van der Waals surface area contributed by atoms with E-state index in [9.17, 15) is 9.59 Å². The van der Waals surface area contributed by atoms with Crippen molar-refractivity contribution in [3.05, 3.63) is 124 Å². The number of rotatable bonds is 7. The van der Waals surface area contributed by atoms with Gasteiger partial charge in [0, 0.05) is 34.7 Å². The number of hydrazone groups is 1. The third-order valence-corrected chi connectivity index (χ3v) is 8.01. The van der Waals surface area contributed by atoms with Crippen LogP contribution in [-0.4, -0.2) is 33.2 Å². The number of thioether (sulfide) groups is 1. The van der Waals surface area contributed by atoms with Crippen molar-refractivity contribution < 1.29 is 9.59 Å². The molecule has 5 rings (SSSR count). The quantitative estimate of drug-likeness (QED) is 0.241. The number of carbonyl (C=O) groups excluding carboxylic acids is 2. The average molecular weight is 523 g/mol. The van der Waals surface area contributed by atoms with Gasteiger partial charge in [0.25, 0.3) is 5.91 Å². The standard InChI is InChI=1S/C31H30N4O2S/c1-21-9-15-28(16-10-21)35-22(2)17-27(23(35)3)18-32-33-30(37)25-11-13-26(14-12-25)31-34(29(36)20-38-31)19-24-7-5-4-6-8-24/h4-18,31H,19-20H2,1-3H3,(H,33,37)/b32-18-/t31-/m1/s1. The van der Waals surface area contributed by atoms with Crippen molar-refractivity contribution in [3.8, 4) is 5.69 Å². The molecule has 3 aromatic carbocycles. The molecule has 7 heteroatoms. The van der Waals surface area contributed by atoms with Crippen LogP contribution in [0, 0.1) is 20.8 Å². The van der Waals surface area contributed by atoms with Crippen LogP contribution in [0.5, 0.6) is 0 Å². The van der Waals surface area contributed by atoms with Gasteiger partial charge in [-0.1, -0.05) is 60.2 Å². The Labute approximate surface area is 227 Å². The Morgan fingerprint density at radius 3 is 2.42 bits per heavy atom. The van der Waals surface area contributed by atoms with Gasteiger partial charge in [-0.05, 0) is 62.2 Å². The zero-order valence-corrected chi connectivity index (χ0v) is 22.5. The van der Waals surface area contributed by atoms with Crippen molar-refractivity contribution in [1.29, 1.82) is 0 Å². The van der Waals surface area contributed by atoms with Gasteiger partial charge in [0.15, 0.2) is 0 Å². The van der Waals surface area contributed by atoms with E-state index in [0.29, 0.717) is 17.9 Å². The minimum Gasteiger partial charge on any atom is -0.322 e. The highest BCUT2D eigenvalue weighted by Gasteiger charge is 2.32. The number of benzene rings is 3. The topological polar surface area (TPSA) is 66.7 Å². The largest absolute Gasteiger partial charge is 0.322 e. The molecule has 0 unspecified atom stereocenters. The van der Waals surface area contributed by atoms with Crippen molar-refractivity contribution in [3.63, 3.8) is 0 Å². The second-order valence-electron chi connectivity index (χ2n) is 9.49. The predicted molar refractivity (Wildman–Crippen MR) is 154 cm³/mol. The van der Waals surface area contributed by atoms with Crippen LogP contribution in [0.15, 0.2) is 90.0 Å². The van der Waals surface area contributed by atoms with Crippen LogP contribution in [-0.2, 0) is 11.3 Å². The number of hydrogen-bond acceptors (Lipinski definition) is 4. The Morgan fingerprint density at radius 2 is 1.71 bits per heavy atom. The van der Waals surface area contributed by atoms with E-state index in [0.717, 1.165) is 33.8 Å². The van der Waals surface area contributed by atoms with Gasteiger partial charge in [-0.3, -0.25) is 9.59 Å². The van der Waals surface area contributed by atoms with Crippen LogP contribution < -0.4 is 5.43 Å². The molecule has 1 atom stereocenters. The van der Waals surface area contributed by atoms with Gasteiger partial charge in [-0.15, -0.1) is 11.8 Å². The Morgan fingerprint density at radius 1 is 1.00 bits per heavy atom. The Bertz CT molecular complexity index is 1480. The lowest BCUT2D eigenvalue weighted by atomic mass is 10.1. The van der Waals surface area contributed by atoms with E-state index in [-0.39, 0.29) is 17.2 Å². The number of carbonyl (C=O) groups is 2. The molecule has 38 heavy (non-hydrogen) atoms. The third-order valence-electron chi connectivity index (χ3n) is 6.75. The summed E-state index contributed by atoms with van der Waals surface area (Å²) in [5.74, 6) is 0.303. The molecule has 1 saturated heterocycles. The van der Waals surface area contributed by atoms with E-state index in [1.807, 2.05) is 54.3 Å². The van der Waals surface area contributed by atoms with E-state index < -0.39 is 0 Å². The van der Waals surface area contributed by atoms with Gasteiger partial charge in [-0.25, -0.2) is 5.43 Å². The van der Waals surface area contributed by atoms with E-state index in [1.165, 1.54) is 5.56 Å². The van der Waals surface area contributed by atoms with Crippen LogP contribution in [0.1, 0.15) is 49.4 Å². The minimum absolute atomic E-state index is 0.0679. The van der Waals surface area contributed by atoms with E-state index in [1.54, 1.807) is 30.1 Å². The molecule has 0 aliphatic carbocycles. The first kappa shape index (κ1) is 25.5. The fourth-order valence-corrected chi connectivity index (χ4v) is 5.90. The zero-order chi connectivity index (χ0) is 26.6. The van der Waals surface area contributed by atoms with E-state index in [4.69, 9.17) is 0 Å². The monoisotopic (exact) mass is 522 g/mol. The summed E-state index contributed by atoms with van der Waals surface area (Å²) >= 11 is 1.61. The van der Waals surface area contributed by atoms with E-state index >= 15 is 0 Å². The molecule has 2 heterocycles. The maximum Gasteiger partial charge on any atom is 0.271 e. The maximum atomic E-state index is 12.7. The van der Waals surface area contributed by atoms with Crippen molar-refractivity contribution >= 4 is 29.8 Å². The molecule has 1 fully saturated rings. The normalized spacial score (nSPS) is 15.4. The van der Waals surface area contributed by atoms with Crippen LogP contribution in [0.3, 0.4) is 0 Å². The summed E-state index contributed by atoms with van der Waals surface area (Å²) in [4.78, 5) is 27.2. The predicted octanol–water partition coefficient (Wildman–Crippen LogP) is 5.94. The average Bonchev–Trinajstić information content (AvgIpc) is 3.43. The molecule has 192 valence electrons. The number of aryl methyl sites for hydroxylation is 2. The first-order chi connectivity index (χ1) is 18.4. The molecular weight excluding hydrogens is 492 g/mol. The van der Waals surface area contributed by atoms with Crippen molar-refractivity contribution in [2.75, 3.05) is 5.75 Å². The Balaban J connectivity index is 1.24.